The second-order valence-corrected chi connectivity index (χ2v) is 5.47. The second kappa shape index (κ2) is 4.42. The predicted octanol–water partition coefficient (Wildman–Crippen LogP) is 1.88. The average Bonchev–Trinajstić information content (AvgIpc) is 3.08. The van der Waals surface area contributed by atoms with Gasteiger partial charge in [0.2, 0.25) is 11.7 Å². The minimum atomic E-state index is -0.640. The number of fused-ring (bicyclic) bond motifs is 1. The van der Waals surface area contributed by atoms with Crippen LogP contribution in [0.5, 0.6) is 11.5 Å². The van der Waals surface area contributed by atoms with E-state index in [1.54, 1.807) is 6.07 Å². The largest absolute Gasteiger partial charge is 0.449 e. The third-order valence-corrected chi connectivity index (χ3v) is 3.07. The first kappa shape index (κ1) is 12.3. The molecule has 2 N–H and O–H groups in total. The van der Waals surface area contributed by atoms with Crippen molar-refractivity contribution >= 4 is 11.6 Å². The highest BCUT2D eigenvalue weighted by molar-refractivity contribution is 5.92. The molecular weight excluding hydrogens is 244 g/mol. The van der Waals surface area contributed by atoms with E-state index in [0.717, 1.165) is 5.69 Å². The summed E-state index contributed by atoms with van der Waals surface area (Å²) in [7, 11) is 0. The third kappa shape index (κ3) is 2.98. The van der Waals surface area contributed by atoms with E-state index in [9.17, 15) is 4.79 Å². The van der Waals surface area contributed by atoms with Crippen molar-refractivity contribution in [2.45, 2.75) is 38.5 Å². The molecule has 0 bridgehead atoms. The molecule has 5 heteroatoms. The van der Waals surface area contributed by atoms with Gasteiger partial charge >= 0.3 is 0 Å². The SMILES string of the molecule is CC1(C)Oc2ccc(NC(=O)CNC3CC3)cc2O1. The van der Waals surface area contributed by atoms with Crippen LogP contribution in [0.15, 0.2) is 18.2 Å². The van der Waals surface area contributed by atoms with Crippen molar-refractivity contribution in [2.24, 2.45) is 0 Å². The third-order valence-electron chi connectivity index (χ3n) is 3.07. The van der Waals surface area contributed by atoms with Crippen molar-refractivity contribution in [3.05, 3.63) is 18.2 Å². The summed E-state index contributed by atoms with van der Waals surface area (Å²) >= 11 is 0. The molecule has 1 amide bonds. The lowest BCUT2D eigenvalue weighted by molar-refractivity contribution is -0.115. The topological polar surface area (TPSA) is 59.6 Å². The summed E-state index contributed by atoms with van der Waals surface area (Å²) < 4.78 is 11.2. The zero-order chi connectivity index (χ0) is 13.5. The lowest BCUT2D eigenvalue weighted by atomic mass is 10.3. The number of nitrogens with one attached hydrogen (secondary N) is 2. The van der Waals surface area contributed by atoms with Crippen LogP contribution < -0.4 is 20.1 Å². The zero-order valence-corrected chi connectivity index (χ0v) is 11.2. The lowest BCUT2D eigenvalue weighted by Crippen LogP contribution is -2.29. The fourth-order valence-corrected chi connectivity index (χ4v) is 2.03. The molecule has 102 valence electrons. The van der Waals surface area contributed by atoms with E-state index in [2.05, 4.69) is 10.6 Å². The van der Waals surface area contributed by atoms with Gasteiger partial charge in [-0.2, -0.15) is 0 Å². The van der Waals surface area contributed by atoms with E-state index < -0.39 is 5.79 Å². The number of anilines is 1. The van der Waals surface area contributed by atoms with Crippen molar-refractivity contribution in [2.75, 3.05) is 11.9 Å². The molecule has 0 saturated heterocycles. The molecule has 0 aromatic heterocycles. The van der Waals surface area contributed by atoms with Crippen LogP contribution in [-0.2, 0) is 4.79 Å². The number of carbonyl (C=O) groups is 1. The van der Waals surface area contributed by atoms with E-state index in [0.29, 0.717) is 24.1 Å². The quantitative estimate of drug-likeness (QED) is 0.870. The molecule has 19 heavy (non-hydrogen) atoms. The van der Waals surface area contributed by atoms with Crippen molar-refractivity contribution in [1.82, 2.24) is 5.32 Å². The molecule has 3 rings (SSSR count). The fraction of sp³-hybridized carbons (Fsp3) is 0.500. The van der Waals surface area contributed by atoms with Crippen molar-refractivity contribution in [3.63, 3.8) is 0 Å². The summed E-state index contributed by atoms with van der Waals surface area (Å²) in [5.74, 6) is 0.695. The Morgan fingerprint density at radius 3 is 2.79 bits per heavy atom. The van der Waals surface area contributed by atoms with E-state index in [4.69, 9.17) is 9.47 Å². The van der Waals surface area contributed by atoms with Crippen LogP contribution in [0.25, 0.3) is 0 Å². The van der Waals surface area contributed by atoms with Gasteiger partial charge in [-0.25, -0.2) is 0 Å². The highest BCUT2D eigenvalue weighted by Gasteiger charge is 2.31. The Labute approximate surface area is 112 Å². The average molecular weight is 262 g/mol. The smallest absolute Gasteiger partial charge is 0.246 e. The zero-order valence-electron chi connectivity index (χ0n) is 11.2. The predicted molar refractivity (Wildman–Crippen MR) is 71.4 cm³/mol. The normalized spacial score (nSPS) is 19.3. The van der Waals surface area contributed by atoms with E-state index >= 15 is 0 Å². The van der Waals surface area contributed by atoms with Gasteiger partial charge in [0.1, 0.15) is 0 Å². The van der Waals surface area contributed by atoms with Gasteiger partial charge in [-0.1, -0.05) is 0 Å². The molecule has 2 aliphatic rings. The maximum absolute atomic E-state index is 11.7. The highest BCUT2D eigenvalue weighted by atomic mass is 16.7. The van der Waals surface area contributed by atoms with Crippen LogP contribution in [0.3, 0.4) is 0 Å². The summed E-state index contributed by atoms with van der Waals surface area (Å²) in [4.78, 5) is 11.7. The number of hydrogen-bond acceptors (Lipinski definition) is 4. The van der Waals surface area contributed by atoms with Crippen LogP contribution in [0.1, 0.15) is 26.7 Å². The molecule has 0 atom stereocenters. The minimum absolute atomic E-state index is 0.0370. The maximum Gasteiger partial charge on any atom is 0.246 e. The number of carbonyl (C=O) groups excluding carboxylic acids is 1. The monoisotopic (exact) mass is 262 g/mol. The van der Waals surface area contributed by atoms with Crippen LogP contribution in [0, 0.1) is 0 Å². The first-order valence-corrected chi connectivity index (χ1v) is 6.57. The number of hydrogen-bond donors (Lipinski definition) is 2. The Balaban J connectivity index is 1.61. The Bertz CT molecular complexity index is 509. The van der Waals surface area contributed by atoms with Gasteiger partial charge in [0.05, 0.1) is 6.54 Å². The van der Waals surface area contributed by atoms with Crippen molar-refractivity contribution < 1.29 is 14.3 Å². The van der Waals surface area contributed by atoms with Gasteiger partial charge in [0.25, 0.3) is 0 Å². The molecule has 1 fully saturated rings. The number of amides is 1. The number of ether oxygens (including phenoxy) is 2. The summed E-state index contributed by atoms with van der Waals surface area (Å²) in [6, 6.07) is 5.95. The van der Waals surface area contributed by atoms with E-state index in [1.807, 2.05) is 26.0 Å². The molecule has 1 aromatic rings. The first-order chi connectivity index (χ1) is 9.02. The molecule has 1 aromatic carbocycles. The summed E-state index contributed by atoms with van der Waals surface area (Å²) in [5.41, 5.74) is 0.725. The van der Waals surface area contributed by atoms with E-state index in [-0.39, 0.29) is 5.91 Å². The molecule has 0 spiro atoms. The van der Waals surface area contributed by atoms with Gasteiger partial charge in [0.15, 0.2) is 11.5 Å². The molecule has 0 radical (unpaired) electrons. The standard InChI is InChI=1S/C14H18N2O3/c1-14(2)18-11-6-5-10(7-12(11)19-14)16-13(17)8-15-9-3-4-9/h5-7,9,15H,3-4,8H2,1-2H3,(H,16,17). The molecule has 1 saturated carbocycles. The van der Waals surface area contributed by atoms with Crippen molar-refractivity contribution in [3.8, 4) is 11.5 Å². The molecule has 0 unspecified atom stereocenters. The number of benzene rings is 1. The molecular formula is C14H18N2O3. The van der Waals surface area contributed by atoms with Gasteiger partial charge in [-0.15, -0.1) is 0 Å². The highest BCUT2D eigenvalue weighted by Crippen LogP contribution is 2.40. The second-order valence-electron chi connectivity index (χ2n) is 5.47. The van der Waals surface area contributed by atoms with Crippen LogP contribution in [0.2, 0.25) is 0 Å². The Kier molecular flexibility index (Phi) is 2.86. The van der Waals surface area contributed by atoms with Crippen LogP contribution >= 0.6 is 0 Å². The fourth-order valence-electron chi connectivity index (χ4n) is 2.03. The molecule has 1 aliphatic carbocycles. The Morgan fingerprint density at radius 2 is 2.05 bits per heavy atom. The van der Waals surface area contributed by atoms with Crippen molar-refractivity contribution in [1.29, 1.82) is 0 Å². The molecule has 5 nitrogen and oxygen atoms in total. The van der Waals surface area contributed by atoms with Gasteiger partial charge < -0.3 is 20.1 Å². The molecule has 1 aliphatic heterocycles. The summed E-state index contributed by atoms with van der Waals surface area (Å²) in [6.45, 7) is 4.06. The van der Waals surface area contributed by atoms with Gasteiger partial charge in [-0.3, -0.25) is 4.79 Å². The van der Waals surface area contributed by atoms with Gasteiger partial charge in [0, 0.05) is 31.6 Å². The first-order valence-electron chi connectivity index (χ1n) is 6.57. The summed E-state index contributed by atoms with van der Waals surface area (Å²) in [6.07, 6.45) is 2.35. The maximum atomic E-state index is 11.7. The lowest BCUT2D eigenvalue weighted by Gasteiger charge is -2.16. The summed E-state index contributed by atoms with van der Waals surface area (Å²) in [5, 5.41) is 6.02. The van der Waals surface area contributed by atoms with Gasteiger partial charge in [-0.05, 0) is 25.0 Å². The number of rotatable bonds is 4. The molecule has 1 heterocycles. The minimum Gasteiger partial charge on any atom is -0.449 e. The van der Waals surface area contributed by atoms with Crippen LogP contribution in [-0.4, -0.2) is 24.3 Å². The Hall–Kier alpha value is -1.75. The Morgan fingerprint density at radius 1 is 1.32 bits per heavy atom. The van der Waals surface area contributed by atoms with E-state index in [1.165, 1.54) is 12.8 Å². The van der Waals surface area contributed by atoms with Crippen LogP contribution in [0.4, 0.5) is 5.69 Å².